The maximum absolute atomic E-state index is 11.5. The van der Waals surface area contributed by atoms with Crippen LogP contribution in [-0.2, 0) is 20.7 Å². The summed E-state index contributed by atoms with van der Waals surface area (Å²) in [5.74, 6) is -1.01. The summed E-state index contributed by atoms with van der Waals surface area (Å²) in [4.78, 5) is 22.8. The Balaban J connectivity index is 2.13. The monoisotopic (exact) mass is 278 g/mol. The predicted molar refractivity (Wildman–Crippen MR) is 71.9 cm³/mol. The highest BCUT2D eigenvalue weighted by Gasteiger charge is 2.30. The number of amides is 1. The molecule has 1 aromatic carbocycles. The molecule has 1 fully saturated rings. The van der Waals surface area contributed by atoms with E-state index in [1.165, 1.54) is 5.01 Å². The van der Waals surface area contributed by atoms with Gasteiger partial charge in [-0.1, -0.05) is 30.3 Å². The van der Waals surface area contributed by atoms with E-state index in [0.29, 0.717) is 32.7 Å². The Morgan fingerprint density at radius 3 is 2.55 bits per heavy atom. The number of aliphatic carboxylic acids is 1. The van der Waals surface area contributed by atoms with Crippen LogP contribution in [0.3, 0.4) is 0 Å². The molecule has 1 aliphatic heterocycles. The molecule has 1 saturated heterocycles. The molecule has 6 nitrogen and oxygen atoms in total. The summed E-state index contributed by atoms with van der Waals surface area (Å²) in [5.41, 5.74) is 0.889. The number of carboxylic acid groups (broad SMARTS) is 1. The summed E-state index contributed by atoms with van der Waals surface area (Å²) in [5, 5.41) is 12.4. The molecule has 0 aromatic heterocycles. The molecule has 2 rings (SSSR count). The van der Waals surface area contributed by atoms with Crippen molar-refractivity contribution in [3.63, 3.8) is 0 Å². The maximum atomic E-state index is 11.5. The SMILES string of the molecule is O=CN([C@@H](Cc1ccccc1)C(=O)O)N1CCOCC1. The Morgan fingerprint density at radius 1 is 1.35 bits per heavy atom. The van der Waals surface area contributed by atoms with Crippen LogP contribution in [0.5, 0.6) is 0 Å². The Hall–Kier alpha value is -1.92. The van der Waals surface area contributed by atoms with Gasteiger partial charge in [-0.25, -0.2) is 9.80 Å². The Morgan fingerprint density at radius 2 is 2.00 bits per heavy atom. The first-order valence-electron chi connectivity index (χ1n) is 6.55. The molecule has 1 amide bonds. The van der Waals surface area contributed by atoms with Crippen LogP contribution in [-0.4, -0.2) is 59.8 Å². The summed E-state index contributed by atoms with van der Waals surface area (Å²) >= 11 is 0. The van der Waals surface area contributed by atoms with Crippen molar-refractivity contribution < 1.29 is 19.4 Å². The molecule has 1 heterocycles. The van der Waals surface area contributed by atoms with Crippen molar-refractivity contribution in [2.75, 3.05) is 26.3 Å². The largest absolute Gasteiger partial charge is 0.480 e. The molecular formula is C14H18N2O4. The van der Waals surface area contributed by atoms with Gasteiger partial charge in [0.05, 0.1) is 13.2 Å². The number of carbonyl (C=O) groups is 2. The number of morpholine rings is 1. The van der Waals surface area contributed by atoms with Gasteiger partial charge in [0.2, 0.25) is 6.41 Å². The standard InChI is InChI=1S/C14H18N2O4/c17-11-16(15-6-8-20-9-7-15)13(14(18)19)10-12-4-2-1-3-5-12/h1-5,11,13H,6-10H2,(H,18,19)/t13-/m0/s1. The average Bonchev–Trinajstić information content (AvgIpc) is 2.49. The zero-order valence-electron chi connectivity index (χ0n) is 11.1. The molecular weight excluding hydrogens is 260 g/mol. The molecule has 0 unspecified atom stereocenters. The fourth-order valence-electron chi connectivity index (χ4n) is 2.25. The maximum Gasteiger partial charge on any atom is 0.328 e. The van der Waals surface area contributed by atoms with E-state index in [1.54, 1.807) is 5.01 Å². The number of benzene rings is 1. The molecule has 0 bridgehead atoms. The molecule has 0 spiro atoms. The Labute approximate surface area is 117 Å². The van der Waals surface area contributed by atoms with Crippen LogP contribution in [0.25, 0.3) is 0 Å². The molecule has 1 aromatic rings. The number of ether oxygens (including phenoxy) is 1. The van der Waals surface area contributed by atoms with Crippen LogP contribution in [0, 0.1) is 0 Å². The number of hydrazine groups is 1. The number of carboxylic acids is 1. The third kappa shape index (κ3) is 3.55. The molecule has 0 radical (unpaired) electrons. The van der Waals surface area contributed by atoms with Gasteiger partial charge < -0.3 is 9.84 Å². The van der Waals surface area contributed by atoms with E-state index >= 15 is 0 Å². The molecule has 1 atom stereocenters. The fourth-order valence-corrected chi connectivity index (χ4v) is 2.25. The van der Waals surface area contributed by atoms with Crippen LogP contribution in [0.2, 0.25) is 0 Å². The normalized spacial score (nSPS) is 17.4. The lowest BCUT2D eigenvalue weighted by molar-refractivity contribution is -0.167. The van der Waals surface area contributed by atoms with Crippen molar-refractivity contribution >= 4 is 12.4 Å². The molecule has 1 aliphatic rings. The van der Waals surface area contributed by atoms with E-state index in [1.807, 2.05) is 30.3 Å². The number of hydrogen-bond donors (Lipinski definition) is 1. The molecule has 0 saturated carbocycles. The predicted octanol–water partition coefficient (Wildman–Crippen LogP) is 0.388. The number of nitrogens with zero attached hydrogens (tertiary/aromatic N) is 2. The highest BCUT2D eigenvalue weighted by Crippen LogP contribution is 2.12. The van der Waals surface area contributed by atoms with Gasteiger partial charge in [-0.2, -0.15) is 0 Å². The lowest BCUT2D eigenvalue weighted by Gasteiger charge is -2.37. The van der Waals surface area contributed by atoms with E-state index in [0.717, 1.165) is 5.56 Å². The van der Waals surface area contributed by atoms with E-state index in [4.69, 9.17) is 4.74 Å². The van der Waals surface area contributed by atoms with Gasteiger partial charge in [0.1, 0.15) is 6.04 Å². The quantitative estimate of drug-likeness (QED) is 0.762. The first-order chi connectivity index (χ1) is 9.72. The second-order valence-electron chi connectivity index (χ2n) is 4.60. The van der Waals surface area contributed by atoms with E-state index in [2.05, 4.69) is 0 Å². The number of rotatable bonds is 6. The summed E-state index contributed by atoms with van der Waals surface area (Å²) in [7, 11) is 0. The van der Waals surface area contributed by atoms with Crippen molar-refractivity contribution in [1.29, 1.82) is 0 Å². The summed E-state index contributed by atoms with van der Waals surface area (Å²) in [6.45, 7) is 2.05. The van der Waals surface area contributed by atoms with E-state index < -0.39 is 12.0 Å². The number of hydrogen-bond acceptors (Lipinski definition) is 4. The van der Waals surface area contributed by atoms with Crippen molar-refractivity contribution in [2.45, 2.75) is 12.5 Å². The van der Waals surface area contributed by atoms with Crippen LogP contribution < -0.4 is 0 Å². The van der Waals surface area contributed by atoms with Gasteiger partial charge in [0.25, 0.3) is 0 Å². The highest BCUT2D eigenvalue weighted by molar-refractivity contribution is 5.76. The first kappa shape index (κ1) is 14.5. The zero-order chi connectivity index (χ0) is 14.4. The van der Waals surface area contributed by atoms with Crippen molar-refractivity contribution in [1.82, 2.24) is 10.0 Å². The second-order valence-corrected chi connectivity index (χ2v) is 4.60. The zero-order valence-corrected chi connectivity index (χ0v) is 11.1. The average molecular weight is 278 g/mol. The minimum atomic E-state index is -1.01. The van der Waals surface area contributed by atoms with Crippen LogP contribution in [0.15, 0.2) is 30.3 Å². The van der Waals surface area contributed by atoms with Crippen molar-refractivity contribution in [2.24, 2.45) is 0 Å². The van der Waals surface area contributed by atoms with E-state index in [-0.39, 0.29) is 6.42 Å². The van der Waals surface area contributed by atoms with Crippen LogP contribution in [0.1, 0.15) is 5.56 Å². The minimum Gasteiger partial charge on any atom is -0.480 e. The van der Waals surface area contributed by atoms with Gasteiger partial charge in [-0.05, 0) is 5.56 Å². The highest BCUT2D eigenvalue weighted by atomic mass is 16.5. The van der Waals surface area contributed by atoms with Gasteiger partial charge >= 0.3 is 5.97 Å². The third-order valence-corrected chi connectivity index (χ3v) is 3.30. The first-order valence-corrected chi connectivity index (χ1v) is 6.55. The summed E-state index contributed by atoms with van der Waals surface area (Å²) in [6, 6.07) is 8.41. The van der Waals surface area contributed by atoms with Crippen LogP contribution >= 0.6 is 0 Å². The fraction of sp³-hybridized carbons (Fsp3) is 0.429. The summed E-state index contributed by atoms with van der Waals surface area (Å²) < 4.78 is 5.22. The Bertz CT molecular complexity index is 446. The van der Waals surface area contributed by atoms with Gasteiger partial charge in [0.15, 0.2) is 0 Å². The topological polar surface area (TPSA) is 70.1 Å². The molecule has 108 valence electrons. The number of carbonyl (C=O) groups excluding carboxylic acids is 1. The molecule has 0 aliphatic carbocycles. The smallest absolute Gasteiger partial charge is 0.328 e. The van der Waals surface area contributed by atoms with Crippen molar-refractivity contribution in [3.05, 3.63) is 35.9 Å². The Kier molecular flexibility index (Phi) is 5.09. The minimum absolute atomic E-state index is 0.284. The lowest BCUT2D eigenvalue weighted by Crippen LogP contribution is -2.55. The van der Waals surface area contributed by atoms with E-state index in [9.17, 15) is 14.7 Å². The van der Waals surface area contributed by atoms with Gasteiger partial charge in [-0.3, -0.25) is 9.80 Å². The summed E-state index contributed by atoms with van der Waals surface area (Å²) in [6.07, 6.45) is 0.874. The van der Waals surface area contributed by atoms with Crippen LogP contribution in [0.4, 0.5) is 0 Å². The molecule has 20 heavy (non-hydrogen) atoms. The van der Waals surface area contributed by atoms with Crippen molar-refractivity contribution in [3.8, 4) is 0 Å². The molecule has 6 heteroatoms. The van der Waals surface area contributed by atoms with Gasteiger partial charge in [0, 0.05) is 19.5 Å². The lowest BCUT2D eigenvalue weighted by atomic mass is 10.1. The second kappa shape index (κ2) is 7.02. The molecule has 1 N–H and O–H groups in total. The third-order valence-electron chi connectivity index (χ3n) is 3.30. The van der Waals surface area contributed by atoms with Gasteiger partial charge in [-0.15, -0.1) is 0 Å².